The van der Waals surface area contributed by atoms with Crippen LogP contribution < -0.4 is 5.14 Å². The summed E-state index contributed by atoms with van der Waals surface area (Å²) in [4.78, 5) is 2.04. The molecule has 2 heterocycles. The Labute approximate surface area is 168 Å². The predicted octanol–water partition coefficient (Wildman–Crippen LogP) is 4.67. The maximum absolute atomic E-state index is 11.0. The molecule has 5 nitrogen and oxygen atoms in total. The molecule has 0 amide bonds. The lowest BCUT2D eigenvalue weighted by Crippen LogP contribution is -2.10. The first kappa shape index (κ1) is 23.6. The van der Waals surface area contributed by atoms with Crippen molar-refractivity contribution in [1.29, 1.82) is 0 Å². The predicted molar refractivity (Wildman–Crippen MR) is 110 cm³/mol. The summed E-state index contributed by atoms with van der Waals surface area (Å²) >= 11 is 2.46. The molecule has 2 rings (SSSR count). The van der Waals surface area contributed by atoms with Crippen molar-refractivity contribution >= 4 is 52.4 Å². The van der Waals surface area contributed by atoms with Crippen LogP contribution in [0.1, 0.15) is 51.3 Å². The largest absolute Gasteiger partial charge is 0.270 e. The molecule has 2 N–H and O–H groups in total. The van der Waals surface area contributed by atoms with E-state index in [1.165, 1.54) is 22.7 Å². The van der Waals surface area contributed by atoms with E-state index in [0.717, 1.165) is 9.75 Å². The van der Waals surface area contributed by atoms with Crippen LogP contribution in [-0.4, -0.2) is 16.8 Å². The summed E-state index contributed by atoms with van der Waals surface area (Å²) in [5, 5.41) is 5.00. The topological polar surface area (TPSA) is 94.3 Å². The molecule has 10 heteroatoms. The van der Waals surface area contributed by atoms with Crippen molar-refractivity contribution in [2.45, 2.75) is 60.8 Å². The Hall–Kier alpha value is -0.450. The Morgan fingerprint density at radius 3 is 1.31 bits per heavy atom. The van der Waals surface area contributed by atoms with Crippen molar-refractivity contribution < 1.29 is 16.8 Å². The zero-order chi connectivity index (χ0) is 20.6. The Morgan fingerprint density at radius 1 is 0.769 bits per heavy atom. The third-order valence-corrected chi connectivity index (χ3v) is 9.72. The van der Waals surface area contributed by atoms with Gasteiger partial charge in [-0.15, -0.1) is 22.7 Å². The van der Waals surface area contributed by atoms with Crippen LogP contribution in [0.25, 0.3) is 0 Å². The van der Waals surface area contributed by atoms with Crippen LogP contribution in [0.3, 0.4) is 0 Å². The molecule has 0 aromatic carbocycles. The minimum absolute atomic E-state index is 0.0202. The number of thiophene rings is 2. The van der Waals surface area contributed by atoms with Gasteiger partial charge in [0, 0.05) is 20.4 Å². The van der Waals surface area contributed by atoms with Gasteiger partial charge in [-0.2, -0.15) is 0 Å². The number of primary sulfonamides is 1. The fourth-order valence-corrected chi connectivity index (χ4v) is 5.65. The van der Waals surface area contributed by atoms with E-state index in [1.807, 2.05) is 47.6 Å². The fraction of sp³-hybridized carbons (Fsp3) is 0.500. The first-order valence-corrected chi connectivity index (χ1v) is 13.1. The summed E-state index contributed by atoms with van der Waals surface area (Å²) in [5.41, 5.74) is -0.0435. The molecular formula is C16H24ClNO4S4. The number of halogens is 1. The maximum Gasteiger partial charge on any atom is 0.270 e. The van der Waals surface area contributed by atoms with Gasteiger partial charge in [0.05, 0.1) is 0 Å². The van der Waals surface area contributed by atoms with Gasteiger partial charge >= 0.3 is 0 Å². The van der Waals surface area contributed by atoms with E-state index in [4.69, 9.17) is 15.8 Å². The van der Waals surface area contributed by atoms with Gasteiger partial charge in [0.2, 0.25) is 10.0 Å². The van der Waals surface area contributed by atoms with Crippen LogP contribution in [-0.2, 0) is 29.9 Å². The van der Waals surface area contributed by atoms with Crippen molar-refractivity contribution in [2.75, 3.05) is 0 Å². The van der Waals surface area contributed by atoms with Gasteiger partial charge in [-0.25, -0.2) is 22.0 Å². The van der Waals surface area contributed by atoms with Crippen LogP contribution in [0.5, 0.6) is 0 Å². The van der Waals surface area contributed by atoms with Gasteiger partial charge in [0.15, 0.2) is 0 Å². The minimum atomic E-state index is -3.55. The van der Waals surface area contributed by atoms with Gasteiger partial charge in [-0.3, -0.25) is 0 Å². The van der Waals surface area contributed by atoms with Crippen LogP contribution >= 0.6 is 33.4 Å². The molecule has 148 valence electrons. The second-order valence-corrected chi connectivity index (χ2v) is 14.5. The van der Waals surface area contributed by atoms with Gasteiger partial charge < -0.3 is 0 Å². The second kappa shape index (κ2) is 7.89. The zero-order valence-electron chi connectivity index (χ0n) is 15.5. The smallest absolute Gasteiger partial charge is 0.224 e. The number of hydrogen-bond acceptors (Lipinski definition) is 6. The van der Waals surface area contributed by atoms with E-state index in [0.29, 0.717) is 0 Å². The highest BCUT2D eigenvalue weighted by Crippen LogP contribution is 2.33. The van der Waals surface area contributed by atoms with Gasteiger partial charge in [-0.1, -0.05) is 41.5 Å². The number of nitrogens with two attached hydrogens (primary N) is 1. The summed E-state index contributed by atoms with van der Waals surface area (Å²) in [7, 11) is -1.87. The van der Waals surface area contributed by atoms with E-state index in [2.05, 4.69) is 0 Å². The molecule has 0 saturated carbocycles. The summed E-state index contributed by atoms with van der Waals surface area (Å²) < 4.78 is 44.3. The summed E-state index contributed by atoms with van der Waals surface area (Å²) in [5.74, 6) is 0. The number of sulfonamides is 1. The van der Waals surface area contributed by atoms with Crippen molar-refractivity contribution in [2.24, 2.45) is 5.14 Å². The lowest BCUT2D eigenvalue weighted by atomic mass is 9.95. The highest BCUT2D eigenvalue weighted by molar-refractivity contribution is 8.15. The highest BCUT2D eigenvalue weighted by Gasteiger charge is 2.20. The first-order valence-electron chi connectivity index (χ1n) is 7.60. The molecule has 0 bridgehead atoms. The summed E-state index contributed by atoms with van der Waals surface area (Å²) in [6, 6.07) is 6.72. The third-order valence-electron chi connectivity index (χ3n) is 3.16. The molecule has 2 aromatic rings. The van der Waals surface area contributed by atoms with Crippen LogP contribution in [0, 0.1) is 0 Å². The first-order chi connectivity index (χ1) is 11.4. The normalized spacial score (nSPS) is 13.2. The van der Waals surface area contributed by atoms with E-state index < -0.39 is 19.1 Å². The van der Waals surface area contributed by atoms with Crippen molar-refractivity contribution in [3.8, 4) is 0 Å². The second-order valence-electron chi connectivity index (χ2n) is 7.72. The van der Waals surface area contributed by atoms with Gasteiger partial charge in [0.25, 0.3) is 9.05 Å². The summed E-state index contributed by atoms with van der Waals surface area (Å²) in [6.07, 6.45) is 0. The van der Waals surface area contributed by atoms with Crippen LogP contribution in [0.4, 0.5) is 0 Å². The van der Waals surface area contributed by atoms with E-state index in [-0.39, 0.29) is 19.2 Å². The lowest BCUT2D eigenvalue weighted by Gasteiger charge is -2.14. The minimum Gasteiger partial charge on any atom is -0.224 e. The van der Waals surface area contributed by atoms with E-state index in [1.54, 1.807) is 18.2 Å². The fourth-order valence-electron chi connectivity index (χ4n) is 1.73. The zero-order valence-corrected chi connectivity index (χ0v) is 19.6. The lowest BCUT2D eigenvalue weighted by molar-refractivity contribution is 0.599. The average Bonchev–Trinajstić information content (AvgIpc) is 3.06. The molecule has 0 radical (unpaired) electrons. The number of rotatable bonds is 2. The number of hydrogen-bond donors (Lipinski definition) is 1. The van der Waals surface area contributed by atoms with Crippen LogP contribution in [0.2, 0.25) is 0 Å². The van der Waals surface area contributed by atoms with Gasteiger partial charge in [-0.05, 0) is 35.1 Å². The summed E-state index contributed by atoms with van der Waals surface area (Å²) in [6.45, 7) is 12.2. The molecule has 2 aromatic heterocycles. The van der Waals surface area contributed by atoms with Crippen LogP contribution in [0.15, 0.2) is 32.7 Å². The van der Waals surface area contributed by atoms with Crippen molar-refractivity contribution in [3.05, 3.63) is 34.0 Å². The molecule has 0 aliphatic rings. The highest BCUT2D eigenvalue weighted by atomic mass is 35.7. The van der Waals surface area contributed by atoms with Crippen molar-refractivity contribution in [1.82, 2.24) is 0 Å². The SMILES string of the molecule is CC(C)(C)c1ccc(S(=O)(=O)Cl)s1.CC(C)(C)c1ccc(S(N)(=O)=O)s1. The average molecular weight is 458 g/mol. The van der Waals surface area contributed by atoms with E-state index >= 15 is 0 Å². The molecule has 0 unspecified atom stereocenters. The molecule has 0 aliphatic heterocycles. The van der Waals surface area contributed by atoms with Crippen molar-refractivity contribution in [3.63, 3.8) is 0 Å². The maximum atomic E-state index is 11.0. The molecule has 0 saturated heterocycles. The molecule has 0 fully saturated rings. The molecule has 26 heavy (non-hydrogen) atoms. The Bertz CT molecular complexity index is 878. The standard InChI is InChI=1S/C8H11ClO2S2.C8H13NO2S2/c2*1-8(2,3)6-4-5-7(12-6)13(9,10)11/h4-5H,1-3H3;4-5H,1-3H3,(H2,9,10,11). The van der Waals surface area contributed by atoms with E-state index in [9.17, 15) is 16.8 Å². The Balaban J connectivity index is 0.000000260. The molecular weight excluding hydrogens is 434 g/mol. The Morgan fingerprint density at radius 2 is 1.12 bits per heavy atom. The van der Waals surface area contributed by atoms with Gasteiger partial charge in [0.1, 0.15) is 8.42 Å². The molecule has 0 aliphatic carbocycles. The third kappa shape index (κ3) is 6.94. The Kier molecular flexibility index (Phi) is 7.16. The quantitative estimate of drug-likeness (QED) is 0.663. The molecule has 0 spiro atoms. The monoisotopic (exact) mass is 457 g/mol. The molecule has 0 atom stereocenters.